The van der Waals surface area contributed by atoms with Gasteiger partial charge in [0.1, 0.15) is 11.6 Å². The molecule has 2 aromatic rings. The summed E-state index contributed by atoms with van der Waals surface area (Å²) in [4.78, 5) is 16.2. The van der Waals surface area contributed by atoms with Crippen LogP contribution in [-0.2, 0) is 4.79 Å². The molecule has 0 bridgehead atoms. The van der Waals surface area contributed by atoms with Crippen molar-refractivity contribution in [3.63, 3.8) is 0 Å². The van der Waals surface area contributed by atoms with Gasteiger partial charge in [0.15, 0.2) is 6.61 Å². The number of nitrogens with one attached hydrogen (secondary N) is 1. The van der Waals surface area contributed by atoms with E-state index in [1.807, 2.05) is 33.1 Å². The number of ether oxygens (including phenoxy) is 1. The van der Waals surface area contributed by atoms with E-state index in [4.69, 9.17) is 4.74 Å². The van der Waals surface area contributed by atoms with E-state index in [0.717, 1.165) is 11.3 Å². The summed E-state index contributed by atoms with van der Waals surface area (Å²) in [5.41, 5.74) is 2.25. The summed E-state index contributed by atoms with van der Waals surface area (Å²) in [7, 11) is 7.96. The van der Waals surface area contributed by atoms with Crippen molar-refractivity contribution in [3.05, 3.63) is 59.9 Å². The standard InChI is InChI=1S/C20H26FN3O2/c1-23(2)17-9-5-15(6-10-17)19(24(3)4)13-22-20(25)14-26-18-11-7-16(21)8-12-18/h5-12,19H,13-14H2,1-4H3,(H,22,25)/t19-/m1/s1. The van der Waals surface area contributed by atoms with Crippen LogP contribution in [0.3, 0.4) is 0 Å². The van der Waals surface area contributed by atoms with Crippen LogP contribution in [0.1, 0.15) is 11.6 Å². The molecule has 1 atom stereocenters. The molecule has 0 spiro atoms. The van der Waals surface area contributed by atoms with Gasteiger partial charge in [-0.15, -0.1) is 0 Å². The molecule has 0 aromatic heterocycles. The van der Waals surface area contributed by atoms with Crippen LogP contribution in [0.5, 0.6) is 5.75 Å². The summed E-state index contributed by atoms with van der Waals surface area (Å²) < 4.78 is 18.2. The molecule has 0 heterocycles. The number of hydrogen-bond acceptors (Lipinski definition) is 4. The van der Waals surface area contributed by atoms with Crippen molar-refractivity contribution < 1.29 is 13.9 Å². The first-order valence-electron chi connectivity index (χ1n) is 8.45. The lowest BCUT2D eigenvalue weighted by Gasteiger charge is -2.25. The molecule has 0 aliphatic rings. The number of amides is 1. The maximum atomic E-state index is 12.9. The van der Waals surface area contributed by atoms with Crippen molar-refractivity contribution in [1.82, 2.24) is 10.2 Å². The molecule has 0 unspecified atom stereocenters. The van der Waals surface area contributed by atoms with Crippen LogP contribution in [0.2, 0.25) is 0 Å². The van der Waals surface area contributed by atoms with E-state index in [1.165, 1.54) is 24.3 Å². The van der Waals surface area contributed by atoms with E-state index in [1.54, 1.807) is 0 Å². The Morgan fingerprint density at radius 3 is 2.19 bits per heavy atom. The molecule has 2 rings (SSSR count). The van der Waals surface area contributed by atoms with Gasteiger partial charge >= 0.3 is 0 Å². The topological polar surface area (TPSA) is 44.8 Å². The molecule has 0 radical (unpaired) electrons. The average Bonchev–Trinajstić information content (AvgIpc) is 2.61. The Hall–Kier alpha value is -2.60. The fraction of sp³-hybridized carbons (Fsp3) is 0.350. The first kappa shape index (κ1) is 19.7. The summed E-state index contributed by atoms with van der Waals surface area (Å²) in [6.07, 6.45) is 0. The van der Waals surface area contributed by atoms with Crippen LogP contribution in [0.15, 0.2) is 48.5 Å². The van der Waals surface area contributed by atoms with Gasteiger partial charge in [-0.2, -0.15) is 0 Å². The maximum absolute atomic E-state index is 12.9. The fourth-order valence-electron chi connectivity index (χ4n) is 2.53. The zero-order chi connectivity index (χ0) is 19.1. The van der Waals surface area contributed by atoms with Crippen molar-refractivity contribution in [1.29, 1.82) is 0 Å². The second-order valence-electron chi connectivity index (χ2n) is 6.51. The minimum Gasteiger partial charge on any atom is -0.484 e. The zero-order valence-corrected chi connectivity index (χ0v) is 15.7. The van der Waals surface area contributed by atoms with Crippen molar-refractivity contribution in [2.45, 2.75) is 6.04 Å². The summed E-state index contributed by atoms with van der Waals surface area (Å²) in [6, 6.07) is 13.9. The van der Waals surface area contributed by atoms with Gasteiger partial charge in [0.25, 0.3) is 5.91 Å². The van der Waals surface area contributed by atoms with Gasteiger partial charge in [-0.05, 0) is 56.1 Å². The molecular formula is C20H26FN3O2. The molecule has 5 nitrogen and oxygen atoms in total. The van der Waals surface area contributed by atoms with Crippen molar-refractivity contribution in [2.24, 2.45) is 0 Å². The minimum atomic E-state index is -0.337. The SMILES string of the molecule is CN(C)c1ccc([C@@H](CNC(=O)COc2ccc(F)cc2)N(C)C)cc1. The van der Waals surface area contributed by atoms with Crippen LogP contribution in [0.25, 0.3) is 0 Å². The largest absolute Gasteiger partial charge is 0.484 e. The lowest BCUT2D eigenvalue weighted by atomic mass is 10.1. The molecule has 140 valence electrons. The third-order valence-electron chi connectivity index (χ3n) is 4.09. The fourth-order valence-corrected chi connectivity index (χ4v) is 2.53. The van der Waals surface area contributed by atoms with Gasteiger partial charge in [0.05, 0.1) is 6.04 Å². The van der Waals surface area contributed by atoms with E-state index in [2.05, 4.69) is 34.5 Å². The zero-order valence-electron chi connectivity index (χ0n) is 15.7. The van der Waals surface area contributed by atoms with Gasteiger partial charge in [-0.25, -0.2) is 4.39 Å². The van der Waals surface area contributed by atoms with Gasteiger partial charge in [0, 0.05) is 26.3 Å². The van der Waals surface area contributed by atoms with Crippen molar-refractivity contribution in [2.75, 3.05) is 46.2 Å². The Morgan fingerprint density at radius 2 is 1.65 bits per heavy atom. The molecule has 0 fully saturated rings. The van der Waals surface area contributed by atoms with E-state index in [9.17, 15) is 9.18 Å². The number of carbonyl (C=O) groups excluding carboxylic acids is 1. The molecule has 2 aromatic carbocycles. The first-order chi connectivity index (χ1) is 12.4. The smallest absolute Gasteiger partial charge is 0.258 e. The maximum Gasteiger partial charge on any atom is 0.258 e. The van der Waals surface area contributed by atoms with Gasteiger partial charge < -0.3 is 19.9 Å². The summed E-state index contributed by atoms with van der Waals surface area (Å²) >= 11 is 0. The van der Waals surface area contributed by atoms with E-state index < -0.39 is 0 Å². The molecule has 26 heavy (non-hydrogen) atoms. The highest BCUT2D eigenvalue weighted by Gasteiger charge is 2.15. The number of likely N-dealkylation sites (N-methyl/N-ethyl adjacent to an activating group) is 1. The second-order valence-corrected chi connectivity index (χ2v) is 6.51. The number of halogens is 1. The molecule has 0 saturated heterocycles. The molecular weight excluding hydrogens is 333 g/mol. The Morgan fingerprint density at radius 1 is 1.04 bits per heavy atom. The number of benzene rings is 2. The van der Waals surface area contributed by atoms with Crippen LogP contribution >= 0.6 is 0 Å². The number of anilines is 1. The van der Waals surface area contributed by atoms with Gasteiger partial charge in [-0.3, -0.25) is 4.79 Å². The van der Waals surface area contributed by atoms with Crippen LogP contribution in [-0.4, -0.2) is 52.1 Å². The molecule has 1 amide bonds. The molecule has 0 aliphatic heterocycles. The Bertz CT molecular complexity index is 700. The first-order valence-corrected chi connectivity index (χ1v) is 8.45. The summed E-state index contributed by atoms with van der Waals surface area (Å²) in [6.45, 7) is 0.366. The van der Waals surface area contributed by atoms with Crippen molar-refractivity contribution >= 4 is 11.6 Å². The van der Waals surface area contributed by atoms with Crippen LogP contribution < -0.4 is 15.0 Å². The van der Waals surface area contributed by atoms with Gasteiger partial charge in [0.2, 0.25) is 0 Å². The lowest BCUT2D eigenvalue weighted by molar-refractivity contribution is -0.123. The summed E-state index contributed by atoms with van der Waals surface area (Å²) in [5, 5.41) is 2.89. The second kappa shape index (κ2) is 9.20. The predicted molar refractivity (Wildman–Crippen MR) is 102 cm³/mol. The monoisotopic (exact) mass is 359 g/mol. The molecule has 6 heteroatoms. The normalized spacial score (nSPS) is 11.9. The summed E-state index contributed by atoms with van der Waals surface area (Å²) in [5.74, 6) is -0.0908. The Labute approximate surface area is 154 Å². The lowest BCUT2D eigenvalue weighted by Crippen LogP contribution is -2.36. The van der Waals surface area contributed by atoms with E-state index >= 15 is 0 Å². The Balaban J connectivity index is 1.89. The average molecular weight is 359 g/mol. The highest BCUT2D eigenvalue weighted by Crippen LogP contribution is 2.21. The molecule has 1 N–H and O–H groups in total. The third-order valence-corrected chi connectivity index (χ3v) is 4.09. The number of nitrogens with zero attached hydrogens (tertiary/aromatic N) is 2. The minimum absolute atomic E-state index is 0.0565. The number of hydrogen-bond donors (Lipinski definition) is 1. The van der Waals surface area contributed by atoms with Crippen LogP contribution in [0, 0.1) is 5.82 Å². The van der Waals surface area contributed by atoms with Crippen LogP contribution in [0.4, 0.5) is 10.1 Å². The number of rotatable bonds is 8. The number of carbonyl (C=O) groups is 1. The quantitative estimate of drug-likeness (QED) is 0.787. The Kier molecular flexibility index (Phi) is 6.97. The predicted octanol–water partition coefficient (Wildman–Crippen LogP) is 2.69. The molecule has 0 aliphatic carbocycles. The highest BCUT2D eigenvalue weighted by molar-refractivity contribution is 5.77. The highest BCUT2D eigenvalue weighted by atomic mass is 19.1. The third kappa shape index (κ3) is 5.74. The molecule has 0 saturated carbocycles. The van der Waals surface area contributed by atoms with E-state index in [0.29, 0.717) is 12.3 Å². The van der Waals surface area contributed by atoms with Crippen molar-refractivity contribution in [3.8, 4) is 5.75 Å². The van der Waals surface area contributed by atoms with Gasteiger partial charge in [-0.1, -0.05) is 12.1 Å². The van der Waals surface area contributed by atoms with E-state index in [-0.39, 0.29) is 24.4 Å².